The van der Waals surface area contributed by atoms with E-state index in [0.717, 1.165) is 26.1 Å². The number of anilines is 1. The van der Waals surface area contributed by atoms with E-state index in [-0.39, 0.29) is 17.9 Å². The van der Waals surface area contributed by atoms with Crippen molar-refractivity contribution in [1.29, 1.82) is 0 Å². The Morgan fingerprint density at radius 3 is 2.25 bits per heavy atom. The van der Waals surface area contributed by atoms with Gasteiger partial charge in [0.25, 0.3) is 5.91 Å². The first-order valence-electron chi connectivity index (χ1n) is 13.1. The van der Waals surface area contributed by atoms with E-state index in [0.29, 0.717) is 25.9 Å². The van der Waals surface area contributed by atoms with Crippen molar-refractivity contribution in [3.05, 3.63) is 71.8 Å². The number of carbonyl (C=O) groups is 2. The van der Waals surface area contributed by atoms with Crippen LogP contribution in [0.5, 0.6) is 0 Å². The second-order valence-electron chi connectivity index (χ2n) is 10.7. The molecule has 2 saturated heterocycles. The summed E-state index contributed by atoms with van der Waals surface area (Å²) in [5.74, 6) is 0.256. The standard InChI is InChI=1S/C30H40N4O2/c1-24(2)23-33-28(35)30(34(29(33)36)20-16-25-9-6-5-7-10-25)17-21-32(22-18-30)19-8-11-26-12-14-27(15-13-26)31(3)4/h5-15,24H,16-23H2,1-4H3/b11-8+. The Hall–Kier alpha value is -3.12. The fraction of sp³-hybridized carbons (Fsp3) is 0.467. The maximum absolute atomic E-state index is 13.7. The minimum Gasteiger partial charge on any atom is -0.378 e. The van der Waals surface area contributed by atoms with Gasteiger partial charge in [-0.2, -0.15) is 0 Å². The third-order valence-corrected chi connectivity index (χ3v) is 7.40. The second kappa shape index (κ2) is 11.3. The van der Waals surface area contributed by atoms with Crippen molar-refractivity contribution < 1.29 is 9.59 Å². The maximum Gasteiger partial charge on any atom is 0.327 e. The van der Waals surface area contributed by atoms with E-state index >= 15 is 0 Å². The lowest BCUT2D eigenvalue weighted by Crippen LogP contribution is -2.57. The topological polar surface area (TPSA) is 47.1 Å². The van der Waals surface area contributed by atoms with Crippen molar-refractivity contribution in [1.82, 2.24) is 14.7 Å². The lowest BCUT2D eigenvalue weighted by Gasteiger charge is -2.42. The highest BCUT2D eigenvalue weighted by molar-refractivity contribution is 6.07. The van der Waals surface area contributed by atoms with Gasteiger partial charge in [0.1, 0.15) is 5.54 Å². The molecule has 3 amide bonds. The first-order valence-corrected chi connectivity index (χ1v) is 13.1. The largest absolute Gasteiger partial charge is 0.378 e. The molecule has 2 aromatic carbocycles. The van der Waals surface area contributed by atoms with Gasteiger partial charge in [-0.05, 0) is 48.4 Å². The number of hydrogen-bond donors (Lipinski definition) is 0. The fourth-order valence-corrected chi connectivity index (χ4v) is 5.31. The van der Waals surface area contributed by atoms with Crippen LogP contribution in [0.3, 0.4) is 0 Å². The molecule has 0 aliphatic carbocycles. The number of nitrogens with zero attached hydrogens (tertiary/aromatic N) is 4. The van der Waals surface area contributed by atoms with Crippen LogP contribution in [0.4, 0.5) is 10.5 Å². The van der Waals surface area contributed by atoms with Crippen molar-refractivity contribution in [2.75, 3.05) is 51.7 Å². The van der Waals surface area contributed by atoms with Gasteiger partial charge in [-0.3, -0.25) is 14.6 Å². The predicted octanol–water partition coefficient (Wildman–Crippen LogP) is 4.76. The van der Waals surface area contributed by atoms with E-state index in [9.17, 15) is 9.59 Å². The second-order valence-corrected chi connectivity index (χ2v) is 10.7. The van der Waals surface area contributed by atoms with Gasteiger partial charge in [0.2, 0.25) is 0 Å². The zero-order valence-corrected chi connectivity index (χ0v) is 22.2. The van der Waals surface area contributed by atoms with Crippen LogP contribution in [0, 0.1) is 5.92 Å². The minimum atomic E-state index is -0.705. The Labute approximate surface area is 216 Å². The van der Waals surface area contributed by atoms with Crippen LogP contribution in [0.1, 0.15) is 37.8 Å². The molecule has 0 unspecified atom stereocenters. The normalized spacial score (nSPS) is 18.2. The third kappa shape index (κ3) is 5.65. The third-order valence-electron chi connectivity index (χ3n) is 7.40. The molecule has 0 N–H and O–H groups in total. The number of carbonyl (C=O) groups excluding carboxylic acids is 2. The molecule has 192 valence electrons. The van der Waals surface area contributed by atoms with Gasteiger partial charge in [0, 0.05) is 52.5 Å². The fourth-order valence-electron chi connectivity index (χ4n) is 5.31. The minimum absolute atomic E-state index is 0.00503. The molecule has 0 radical (unpaired) electrons. The molecule has 2 fully saturated rings. The highest BCUT2D eigenvalue weighted by atomic mass is 16.2. The molecule has 0 bridgehead atoms. The smallest absolute Gasteiger partial charge is 0.327 e. The van der Waals surface area contributed by atoms with Crippen molar-refractivity contribution in [3.63, 3.8) is 0 Å². The monoisotopic (exact) mass is 488 g/mol. The average molecular weight is 489 g/mol. The first kappa shape index (κ1) is 26.0. The van der Waals surface area contributed by atoms with E-state index in [1.54, 1.807) is 0 Å². The molecule has 0 atom stereocenters. The van der Waals surface area contributed by atoms with E-state index in [2.05, 4.69) is 72.2 Å². The Balaban J connectivity index is 1.41. The van der Waals surface area contributed by atoms with Crippen LogP contribution in [-0.4, -0.2) is 79.0 Å². The molecular formula is C30H40N4O2. The highest BCUT2D eigenvalue weighted by Gasteiger charge is 2.57. The first-order chi connectivity index (χ1) is 17.3. The molecule has 0 aromatic heterocycles. The van der Waals surface area contributed by atoms with Crippen LogP contribution in [0.15, 0.2) is 60.7 Å². The van der Waals surface area contributed by atoms with Gasteiger partial charge in [0.05, 0.1) is 0 Å². The number of piperidine rings is 1. The number of hydrogen-bond acceptors (Lipinski definition) is 4. The Bertz CT molecular complexity index is 1050. The van der Waals surface area contributed by atoms with Crippen molar-refractivity contribution in [2.45, 2.75) is 38.6 Å². The summed E-state index contributed by atoms with van der Waals surface area (Å²) in [6, 6.07) is 18.6. The van der Waals surface area contributed by atoms with Crippen molar-refractivity contribution in [2.24, 2.45) is 5.92 Å². The van der Waals surface area contributed by atoms with Gasteiger partial charge in [-0.25, -0.2) is 4.79 Å². The Morgan fingerprint density at radius 1 is 0.972 bits per heavy atom. The summed E-state index contributed by atoms with van der Waals surface area (Å²) in [7, 11) is 4.09. The summed E-state index contributed by atoms with van der Waals surface area (Å²) in [5, 5.41) is 0. The van der Waals surface area contributed by atoms with Crippen molar-refractivity contribution in [3.8, 4) is 0 Å². The number of likely N-dealkylation sites (tertiary alicyclic amines) is 1. The van der Waals surface area contributed by atoms with E-state index < -0.39 is 5.54 Å². The van der Waals surface area contributed by atoms with Gasteiger partial charge < -0.3 is 9.80 Å². The van der Waals surface area contributed by atoms with Gasteiger partial charge in [-0.1, -0.05) is 68.5 Å². The molecule has 2 heterocycles. The molecule has 1 spiro atoms. The quantitative estimate of drug-likeness (QED) is 0.478. The molecule has 6 heteroatoms. The molecule has 2 aromatic rings. The Kier molecular flexibility index (Phi) is 8.14. The highest BCUT2D eigenvalue weighted by Crippen LogP contribution is 2.38. The summed E-state index contributed by atoms with van der Waals surface area (Å²) < 4.78 is 0. The molecule has 2 aliphatic heterocycles. The number of benzene rings is 2. The van der Waals surface area contributed by atoms with Gasteiger partial charge in [-0.15, -0.1) is 0 Å². The van der Waals surface area contributed by atoms with Crippen LogP contribution in [-0.2, 0) is 11.2 Å². The van der Waals surface area contributed by atoms with Gasteiger partial charge >= 0.3 is 6.03 Å². The van der Waals surface area contributed by atoms with Crippen LogP contribution < -0.4 is 4.90 Å². The zero-order valence-electron chi connectivity index (χ0n) is 22.2. The number of amides is 3. The van der Waals surface area contributed by atoms with Crippen LogP contribution in [0.25, 0.3) is 6.08 Å². The average Bonchev–Trinajstić information content (AvgIpc) is 3.05. The molecule has 0 saturated carbocycles. The molecule has 4 rings (SSSR count). The lowest BCUT2D eigenvalue weighted by molar-refractivity contribution is -0.135. The van der Waals surface area contributed by atoms with Gasteiger partial charge in [0.15, 0.2) is 0 Å². The lowest BCUT2D eigenvalue weighted by atomic mass is 9.85. The number of rotatable bonds is 9. The van der Waals surface area contributed by atoms with Crippen LogP contribution >= 0.6 is 0 Å². The van der Waals surface area contributed by atoms with E-state index in [1.165, 1.54) is 21.7 Å². The van der Waals surface area contributed by atoms with E-state index in [1.807, 2.05) is 37.2 Å². The number of urea groups is 1. The van der Waals surface area contributed by atoms with Crippen molar-refractivity contribution >= 4 is 23.7 Å². The SMILES string of the molecule is CC(C)CN1C(=O)N(CCc2ccccc2)C2(CCN(C/C=C/c3ccc(N(C)C)cc3)CC2)C1=O. The predicted molar refractivity (Wildman–Crippen MR) is 147 cm³/mol. The molecular weight excluding hydrogens is 448 g/mol. The summed E-state index contributed by atoms with van der Waals surface area (Å²) in [4.78, 5) is 35.0. The maximum atomic E-state index is 13.7. The summed E-state index contributed by atoms with van der Waals surface area (Å²) in [5.41, 5.74) is 2.86. The summed E-state index contributed by atoms with van der Waals surface area (Å²) >= 11 is 0. The van der Waals surface area contributed by atoms with Crippen LogP contribution in [0.2, 0.25) is 0 Å². The molecule has 6 nitrogen and oxygen atoms in total. The Morgan fingerprint density at radius 2 is 1.64 bits per heavy atom. The molecule has 2 aliphatic rings. The summed E-state index contributed by atoms with van der Waals surface area (Å²) in [6.07, 6.45) is 6.49. The zero-order chi connectivity index (χ0) is 25.7. The summed E-state index contributed by atoms with van der Waals surface area (Å²) in [6.45, 7) is 7.63. The van der Waals surface area contributed by atoms with E-state index in [4.69, 9.17) is 0 Å². The number of imide groups is 1. The molecule has 36 heavy (non-hydrogen) atoms.